The van der Waals surface area contributed by atoms with Crippen molar-refractivity contribution in [1.82, 2.24) is 0 Å². The van der Waals surface area contributed by atoms with E-state index < -0.39 is 7.12 Å². The standard InChI is InChI=1S/C10H16BNO3/c1-10(2,3)15-9-5-7(11(13)14)4-8(12)6-9/h4-6,13-14H,12H2,1-3H3. The largest absolute Gasteiger partial charge is 0.488 e. The molecule has 5 heteroatoms. The summed E-state index contributed by atoms with van der Waals surface area (Å²) in [5.41, 5.74) is 6.04. The van der Waals surface area contributed by atoms with E-state index in [-0.39, 0.29) is 5.60 Å². The zero-order valence-electron chi connectivity index (χ0n) is 9.19. The Morgan fingerprint density at radius 1 is 1.20 bits per heavy atom. The summed E-state index contributed by atoms with van der Waals surface area (Å²) in [6.45, 7) is 5.72. The van der Waals surface area contributed by atoms with Crippen molar-refractivity contribution in [3.8, 4) is 5.75 Å². The molecule has 0 spiro atoms. The zero-order valence-corrected chi connectivity index (χ0v) is 9.19. The fourth-order valence-electron chi connectivity index (χ4n) is 1.21. The molecular formula is C10H16BNO3. The lowest BCUT2D eigenvalue weighted by molar-refractivity contribution is 0.131. The van der Waals surface area contributed by atoms with Gasteiger partial charge in [0.05, 0.1) is 0 Å². The van der Waals surface area contributed by atoms with E-state index in [1.807, 2.05) is 20.8 Å². The molecule has 1 aromatic carbocycles. The summed E-state index contributed by atoms with van der Waals surface area (Å²) < 4.78 is 5.57. The van der Waals surface area contributed by atoms with Gasteiger partial charge in [-0.15, -0.1) is 0 Å². The van der Waals surface area contributed by atoms with Crippen LogP contribution in [-0.4, -0.2) is 22.8 Å². The minimum absolute atomic E-state index is 0.328. The van der Waals surface area contributed by atoms with Crippen LogP contribution in [0.4, 0.5) is 5.69 Å². The molecule has 0 heterocycles. The van der Waals surface area contributed by atoms with E-state index >= 15 is 0 Å². The number of anilines is 1. The van der Waals surface area contributed by atoms with Crippen LogP contribution < -0.4 is 15.9 Å². The van der Waals surface area contributed by atoms with Gasteiger partial charge in [-0.3, -0.25) is 0 Å². The first kappa shape index (κ1) is 11.9. The van der Waals surface area contributed by atoms with Crippen molar-refractivity contribution in [1.29, 1.82) is 0 Å². The van der Waals surface area contributed by atoms with Gasteiger partial charge >= 0.3 is 7.12 Å². The van der Waals surface area contributed by atoms with Gasteiger partial charge in [0, 0.05) is 11.8 Å². The molecule has 0 aromatic heterocycles. The maximum atomic E-state index is 9.02. The minimum atomic E-state index is -1.53. The molecule has 1 aromatic rings. The molecule has 0 bridgehead atoms. The first-order valence-electron chi connectivity index (χ1n) is 4.73. The Morgan fingerprint density at radius 2 is 1.80 bits per heavy atom. The van der Waals surface area contributed by atoms with Gasteiger partial charge in [-0.1, -0.05) is 0 Å². The molecule has 0 radical (unpaired) electrons. The van der Waals surface area contributed by atoms with E-state index in [2.05, 4.69) is 0 Å². The van der Waals surface area contributed by atoms with Crippen molar-refractivity contribution >= 4 is 18.3 Å². The van der Waals surface area contributed by atoms with Crippen LogP contribution in [0, 0.1) is 0 Å². The first-order chi connectivity index (χ1) is 6.78. The number of benzene rings is 1. The van der Waals surface area contributed by atoms with Crippen LogP contribution >= 0.6 is 0 Å². The third-order valence-electron chi connectivity index (χ3n) is 1.67. The molecule has 0 fully saturated rings. The number of hydrogen-bond donors (Lipinski definition) is 3. The molecular weight excluding hydrogens is 193 g/mol. The summed E-state index contributed by atoms with van der Waals surface area (Å²) in [7, 11) is -1.53. The third-order valence-corrected chi connectivity index (χ3v) is 1.67. The SMILES string of the molecule is CC(C)(C)Oc1cc(N)cc(B(O)O)c1. The molecule has 0 aliphatic rings. The van der Waals surface area contributed by atoms with E-state index in [4.69, 9.17) is 20.5 Å². The van der Waals surface area contributed by atoms with Crippen molar-refractivity contribution in [3.63, 3.8) is 0 Å². The van der Waals surface area contributed by atoms with Crippen molar-refractivity contribution in [3.05, 3.63) is 18.2 Å². The van der Waals surface area contributed by atoms with Crippen molar-refractivity contribution in [2.24, 2.45) is 0 Å². The number of hydrogen-bond acceptors (Lipinski definition) is 4. The van der Waals surface area contributed by atoms with Crippen LogP contribution in [0.15, 0.2) is 18.2 Å². The van der Waals surface area contributed by atoms with Crippen LogP contribution in [-0.2, 0) is 0 Å². The number of ether oxygens (including phenoxy) is 1. The fraction of sp³-hybridized carbons (Fsp3) is 0.400. The summed E-state index contributed by atoms with van der Waals surface area (Å²) >= 11 is 0. The summed E-state index contributed by atoms with van der Waals surface area (Å²) in [6, 6.07) is 4.71. The van der Waals surface area contributed by atoms with Crippen molar-refractivity contribution in [2.75, 3.05) is 5.73 Å². The molecule has 0 aliphatic carbocycles. The Morgan fingerprint density at radius 3 is 2.27 bits per heavy atom. The monoisotopic (exact) mass is 209 g/mol. The van der Waals surface area contributed by atoms with E-state index in [0.29, 0.717) is 16.9 Å². The summed E-state index contributed by atoms with van der Waals surface area (Å²) in [5, 5.41) is 18.0. The third kappa shape index (κ3) is 3.81. The highest BCUT2D eigenvalue weighted by molar-refractivity contribution is 6.58. The molecule has 1 rings (SSSR count). The highest BCUT2D eigenvalue weighted by Gasteiger charge is 2.16. The van der Waals surface area contributed by atoms with Gasteiger partial charge in [0.2, 0.25) is 0 Å². The molecule has 0 saturated carbocycles. The Balaban J connectivity index is 2.99. The molecule has 0 aliphatic heterocycles. The summed E-state index contributed by atoms with van der Waals surface area (Å²) in [4.78, 5) is 0. The van der Waals surface area contributed by atoms with Crippen LogP contribution in [0.5, 0.6) is 5.75 Å². The van der Waals surface area contributed by atoms with Gasteiger partial charge in [0.25, 0.3) is 0 Å². The minimum Gasteiger partial charge on any atom is -0.488 e. The lowest BCUT2D eigenvalue weighted by Gasteiger charge is -2.22. The van der Waals surface area contributed by atoms with Crippen molar-refractivity contribution in [2.45, 2.75) is 26.4 Å². The number of rotatable bonds is 2. The van der Waals surface area contributed by atoms with Gasteiger partial charge < -0.3 is 20.5 Å². The van der Waals surface area contributed by atoms with Gasteiger partial charge in [0.15, 0.2) is 0 Å². The zero-order chi connectivity index (χ0) is 11.6. The van der Waals surface area contributed by atoms with E-state index in [1.165, 1.54) is 6.07 Å². The molecule has 0 saturated heterocycles. The van der Waals surface area contributed by atoms with Gasteiger partial charge in [-0.25, -0.2) is 0 Å². The predicted molar refractivity (Wildman–Crippen MR) is 61.1 cm³/mol. The molecule has 0 unspecified atom stereocenters. The van der Waals surface area contributed by atoms with E-state index in [9.17, 15) is 0 Å². The van der Waals surface area contributed by atoms with Gasteiger partial charge in [-0.2, -0.15) is 0 Å². The second-order valence-corrected chi connectivity index (χ2v) is 4.42. The lowest BCUT2D eigenvalue weighted by atomic mass is 9.80. The van der Waals surface area contributed by atoms with Crippen LogP contribution in [0.25, 0.3) is 0 Å². The van der Waals surface area contributed by atoms with Gasteiger partial charge in [0.1, 0.15) is 11.4 Å². The summed E-state index contributed by atoms with van der Waals surface area (Å²) in [5.74, 6) is 0.533. The number of nitrogens with two attached hydrogens (primary N) is 1. The second-order valence-electron chi connectivity index (χ2n) is 4.42. The molecule has 0 amide bonds. The second kappa shape index (κ2) is 4.12. The average Bonchev–Trinajstić information content (AvgIpc) is 1.99. The normalized spacial score (nSPS) is 11.3. The molecule has 4 N–H and O–H groups in total. The maximum absolute atomic E-state index is 9.02. The lowest BCUT2D eigenvalue weighted by Crippen LogP contribution is -2.31. The Hall–Kier alpha value is -1.20. The fourth-order valence-corrected chi connectivity index (χ4v) is 1.21. The van der Waals surface area contributed by atoms with E-state index in [0.717, 1.165) is 0 Å². The predicted octanol–water partition coefficient (Wildman–Crippen LogP) is 0.126. The topological polar surface area (TPSA) is 75.7 Å². The van der Waals surface area contributed by atoms with Gasteiger partial charge in [-0.05, 0) is 38.4 Å². The van der Waals surface area contributed by atoms with E-state index in [1.54, 1.807) is 12.1 Å². The smallest absolute Gasteiger partial charge is 0.488 e. The van der Waals surface area contributed by atoms with Crippen LogP contribution in [0.2, 0.25) is 0 Å². The Labute approximate surface area is 89.8 Å². The van der Waals surface area contributed by atoms with Crippen molar-refractivity contribution < 1.29 is 14.8 Å². The highest BCUT2D eigenvalue weighted by atomic mass is 16.5. The molecule has 15 heavy (non-hydrogen) atoms. The molecule has 0 atom stereocenters. The van der Waals surface area contributed by atoms with Crippen LogP contribution in [0.3, 0.4) is 0 Å². The molecule has 4 nitrogen and oxygen atoms in total. The Bertz CT molecular complexity index is 347. The highest BCUT2D eigenvalue weighted by Crippen LogP contribution is 2.19. The number of nitrogen functional groups attached to an aromatic ring is 1. The first-order valence-corrected chi connectivity index (χ1v) is 4.73. The average molecular weight is 209 g/mol. The Kier molecular flexibility index (Phi) is 3.26. The van der Waals surface area contributed by atoms with Crippen LogP contribution in [0.1, 0.15) is 20.8 Å². The maximum Gasteiger partial charge on any atom is 0.488 e. The molecule has 82 valence electrons. The summed E-state index contributed by atoms with van der Waals surface area (Å²) in [6.07, 6.45) is 0. The quantitative estimate of drug-likeness (QED) is 0.477.